The minimum absolute atomic E-state index is 0.754. The van der Waals surface area contributed by atoms with E-state index in [9.17, 15) is 0 Å². The molecule has 4 nitrogen and oxygen atoms in total. The van der Waals surface area contributed by atoms with E-state index in [-0.39, 0.29) is 0 Å². The first-order valence-corrected chi connectivity index (χ1v) is 11.1. The van der Waals surface area contributed by atoms with Crippen LogP contribution in [0.15, 0.2) is 40.2 Å². The van der Waals surface area contributed by atoms with Crippen molar-refractivity contribution < 1.29 is 0 Å². The monoisotopic (exact) mass is 374 g/mol. The first-order valence-electron chi connectivity index (χ1n) is 10.1. The highest BCUT2D eigenvalue weighted by molar-refractivity contribution is 7.99. The zero-order valence-electron chi connectivity index (χ0n) is 16.4. The van der Waals surface area contributed by atoms with Gasteiger partial charge >= 0.3 is 0 Å². The Hall–Kier alpha value is -1.20. The molecule has 0 saturated carbocycles. The molecule has 0 bridgehead atoms. The molecule has 0 aromatic heterocycles. The number of hydrogen-bond acceptors (Lipinski definition) is 3. The summed E-state index contributed by atoms with van der Waals surface area (Å²) >= 11 is 1.99. The predicted molar refractivity (Wildman–Crippen MR) is 113 cm³/mol. The van der Waals surface area contributed by atoms with E-state index < -0.39 is 0 Å². The molecule has 1 N–H and O–H groups in total. The molecule has 2 unspecified atom stereocenters. The summed E-state index contributed by atoms with van der Waals surface area (Å²) in [6.45, 7) is 9.27. The van der Waals surface area contributed by atoms with Crippen LogP contribution in [0.3, 0.4) is 0 Å². The van der Waals surface area contributed by atoms with E-state index in [1.165, 1.54) is 49.5 Å². The van der Waals surface area contributed by atoms with Gasteiger partial charge in [-0.25, -0.2) is 0 Å². The third-order valence-corrected chi connectivity index (χ3v) is 6.87. The normalized spacial score (nSPS) is 24.8. The molecule has 144 valence electrons. The van der Waals surface area contributed by atoms with E-state index in [1.807, 2.05) is 18.8 Å². The van der Waals surface area contributed by atoms with Gasteiger partial charge in [-0.15, -0.1) is 11.8 Å². The van der Waals surface area contributed by atoms with Crippen LogP contribution in [0.5, 0.6) is 0 Å². The van der Waals surface area contributed by atoms with Gasteiger partial charge in [0, 0.05) is 43.9 Å². The van der Waals surface area contributed by atoms with Gasteiger partial charge in [-0.2, -0.15) is 0 Å². The topological polar surface area (TPSA) is 30.9 Å². The molecule has 1 aromatic rings. The highest BCUT2D eigenvalue weighted by atomic mass is 32.2. The molecule has 2 atom stereocenters. The molecule has 2 fully saturated rings. The number of aliphatic imine (C=N–C) groups is 1. The lowest BCUT2D eigenvalue weighted by Gasteiger charge is -2.33. The third kappa shape index (κ3) is 5.65. The van der Waals surface area contributed by atoms with Crippen LogP contribution in [-0.2, 0) is 0 Å². The van der Waals surface area contributed by atoms with Crippen molar-refractivity contribution in [3.05, 3.63) is 30.3 Å². The standard InChI is InChI=1S/C21H34N4S/c1-3-24-12-7-8-18(15-24)14-23-21(22-2)25-13-11-19(16-25)17-26-20-9-5-4-6-10-20/h4-6,9-10,18-19H,3,7-8,11-17H2,1-2H3,(H,22,23). The first kappa shape index (κ1) is 19.6. The quantitative estimate of drug-likeness (QED) is 0.470. The maximum atomic E-state index is 4.56. The molecule has 26 heavy (non-hydrogen) atoms. The summed E-state index contributed by atoms with van der Waals surface area (Å²) in [6, 6.07) is 10.8. The number of guanidine groups is 1. The summed E-state index contributed by atoms with van der Waals surface area (Å²) in [4.78, 5) is 11.0. The van der Waals surface area contributed by atoms with Crippen LogP contribution in [0.1, 0.15) is 26.2 Å². The van der Waals surface area contributed by atoms with E-state index in [0.717, 1.165) is 37.4 Å². The molecule has 3 rings (SSSR count). The number of benzene rings is 1. The largest absolute Gasteiger partial charge is 0.356 e. The van der Waals surface area contributed by atoms with Gasteiger partial charge in [0.05, 0.1) is 0 Å². The molecule has 1 aromatic carbocycles. The summed E-state index contributed by atoms with van der Waals surface area (Å²) in [7, 11) is 1.92. The Labute approximate surface area is 163 Å². The van der Waals surface area contributed by atoms with Crippen LogP contribution in [-0.4, -0.2) is 67.8 Å². The Kier molecular flexibility index (Phi) is 7.69. The summed E-state index contributed by atoms with van der Waals surface area (Å²) in [5.41, 5.74) is 0. The second-order valence-corrected chi connectivity index (χ2v) is 8.65. The van der Waals surface area contributed by atoms with Crippen molar-refractivity contribution in [2.75, 3.05) is 52.1 Å². The number of piperidine rings is 1. The van der Waals surface area contributed by atoms with Crippen LogP contribution in [0.4, 0.5) is 0 Å². The van der Waals surface area contributed by atoms with Crippen molar-refractivity contribution >= 4 is 17.7 Å². The molecule has 0 aliphatic carbocycles. The van der Waals surface area contributed by atoms with Gasteiger partial charge in [0.15, 0.2) is 5.96 Å². The van der Waals surface area contributed by atoms with Crippen molar-refractivity contribution in [1.29, 1.82) is 0 Å². The number of nitrogens with one attached hydrogen (secondary N) is 1. The van der Waals surface area contributed by atoms with Crippen molar-refractivity contribution in [2.45, 2.75) is 31.1 Å². The Morgan fingerprint density at radius 1 is 1.15 bits per heavy atom. The molecule has 5 heteroatoms. The van der Waals surface area contributed by atoms with Gasteiger partial charge in [0.25, 0.3) is 0 Å². The van der Waals surface area contributed by atoms with Crippen LogP contribution in [0.2, 0.25) is 0 Å². The van der Waals surface area contributed by atoms with Gasteiger partial charge in [0.2, 0.25) is 0 Å². The second kappa shape index (κ2) is 10.2. The molecule has 2 aliphatic rings. The van der Waals surface area contributed by atoms with Crippen molar-refractivity contribution in [3.8, 4) is 0 Å². The summed E-state index contributed by atoms with van der Waals surface area (Å²) < 4.78 is 0. The van der Waals surface area contributed by atoms with Crippen LogP contribution < -0.4 is 5.32 Å². The van der Waals surface area contributed by atoms with Gasteiger partial charge in [0.1, 0.15) is 0 Å². The van der Waals surface area contributed by atoms with Crippen molar-refractivity contribution in [3.63, 3.8) is 0 Å². The van der Waals surface area contributed by atoms with E-state index in [4.69, 9.17) is 0 Å². The number of nitrogens with zero attached hydrogens (tertiary/aromatic N) is 3. The second-order valence-electron chi connectivity index (χ2n) is 7.55. The van der Waals surface area contributed by atoms with Gasteiger partial charge < -0.3 is 15.1 Å². The van der Waals surface area contributed by atoms with Gasteiger partial charge in [-0.05, 0) is 56.3 Å². The summed E-state index contributed by atoms with van der Waals surface area (Å²) in [5, 5.41) is 3.66. The summed E-state index contributed by atoms with van der Waals surface area (Å²) in [6.07, 6.45) is 3.95. The average Bonchev–Trinajstić information content (AvgIpc) is 3.17. The van der Waals surface area contributed by atoms with Crippen LogP contribution in [0.25, 0.3) is 0 Å². The highest BCUT2D eigenvalue weighted by Gasteiger charge is 2.26. The SMILES string of the molecule is CCN1CCCC(CNC(=NC)N2CCC(CSc3ccccc3)C2)C1. The van der Waals surface area contributed by atoms with Gasteiger partial charge in [-0.1, -0.05) is 25.1 Å². The number of rotatable bonds is 6. The lowest BCUT2D eigenvalue weighted by molar-refractivity contribution is 0.183. The lowest BCUT2D eigenvalue weighted by Crippen LogP contribution is -2.45. The Morgan fingerprint density at radius 3 is 2.77 bits per heavy atom. The fourth-order valence-corrected chi connectivity index (χ4v) is 5.11. The zero-order chi connectivity index (χ0) is 18.2. The van der Waals surface area contributed by atoms with Crippen LogP contribution in [0, 0.1) is 11.8 Å². The third-order valence-electron chi connectivity index (χ3n) is 5.63. The van der Waals surface area contributed by atoms with E-state index in [1.54, 1.807) is 0 Å². The first-order chi connectivity index (χ1) is 12.8. The maximum Gasteiger partial charge on any atom is 0.193 e. The van der Waals surface area contributed by atoms with Crippen LogP contribution >= 0.6 is 11.8 Å². The van der Waals surface area contributed by atoms with E-state index in [2.05, 4.69) is 57.4 Å². The predicted octanol–water partition coefficient (Wildman–Crippen LogP) is 3.41. The fraction of sp³-hybridized carbons (Fsp3) is 0.667. The smallest absolute Gasteiger partial charge is 0.193 e. The van der Waals surface area contributed by atoms with Gasteiger partial charge in [-0.3, -0.25) is 4.99 Å². The summed E-state index contributed by atoms with van der Waals surface area (Å²) in [5.74, 6) is 3.81. The highest BCUT2D eigenvalue weighted by Crippen LogP contribution is 2.26. The molecular formula is C21H34N4S. The molecule has 0 spiro atoms. The zero-order valence-corrected chi connectivity index (χ0v) is 17.2. The molecular weight excluding hydrogens is 340 g/mol. The number of likely N-dealkylation sites (tertiary alicyclic amines) is 2. The number of thioether (sulfide) groups is 1. The molecule has 0 amide bonds. The average molecular weight is 375 g/mol. The molecule has 2 saturated heterocycles. The lowest BCUT2D eigenvalue weighted by atomic mass is 9.98. The van der Waals surface area contributed by atoms with E-state index >= 15 is 0 Å². The fourth-order valence-electron chi connectivity index (χ4n) is 4.06. The Balaban J connectivity index is 1.41. The van der Waals surface area contributed by atoms with Crippen molar-refractivity contribution in [1.82, 2.24) is 15.1 Å². The van der Waals surface area contributed by atoms with E-state index in [0.29, 0.717) is 0 Å². The Bertz CT molecular complexity index is 562. The minimum atomic E-state index is 0.754. The molecule has 2 heterocycles. The Morgan fingerprint density at radius 2 is 2.00 bits per heavy atom. The number of hydrogen-bond donors (Lipinski definition) is 1. The van der Waals surface area contributed by atoms with Crippen molar-refractivity contribution in [2.24, 2.45) is 16.8 Å². The maximum absolute atomic E-state index is 4.56. The molecule has 2 aliphatic heterocycles. The molecule has 0 radical (unpaired) electrons. The minimum Gasteiger partial charge on any atom is -0.356 e.